The van der Waals surface area contributed by atoms with Gasteiger partial charge in [0.25, 0.3) is 0 Å². The van der Waals surface area contributed by atoms with Gasteiger partial charge >= 0.3 is 0 Å². The highest BCUT2D eigenvalue weighted by Gasteiger charge is 2.38. The molecule has 0 bridgehead atoms. The van der Waals surface area contributed by atoms with Crippen LogP contribution in [-0.4, -0.2) is 27.7 Å². The van der Waals surface area contributed by atoms with Crippen molar-refractivity contribution in [2.24, 2.45) is 0 Å². The topological polar surface area (TPSA) is 81.4 Å². The molecule has 2 rings (SSSR count). The molecular formula is C12H16ClFN2O3S. The minimum atomic E-state index is -4.02. The molecule has 0 aromatic heterocycles. The number of nitrogens with one attached hydrogen (secondary N) is 1. The van der Waals surface area contributed by atoms with Crippen LogP contribution < -0.4 is 10.5 Å². The summed E-state index contributed by atoms with van der Waals surface area (Å²) in [6.45, 7) is 0.0949. The molecule has 0 unspecified atom stereocenters. The first-order valence-electron chi connectivity index (χ1n) is 6.09. The van der Waals surface area contributed by atoms with Gasteiger partial charge in [-0.25, -0.2) is 17.5 Å². The van der Waals surface area contributed by atoms with E-state index in [4.69, 9.17) is 22.1 Å². The third-order valence-electron chi connectivity index (χ3n) is 3.60. The van der Waals surface area contributed by atoms with Crippen LogP contribution in [0.3, 0.4) is 0 Å². The highest BCUT2D eigenvalue weighted by Crippen LogP contribution is 2.35. The van der Waals surface area contributed by atoms with E-state index in [0.717, 1.165) is 25.3 Å². The van der Waals surface area contributed by atoms with Crippen molar-refractivity contribution in [2.45, 2.75) is 29.8 Å². The number of benzene rings is 1. The molecule has 0 amide bonds. The van der Waals surface area contributed by atoms with Crippen molar-refractivity contribution < 1.29 is 17.5 Å². The van der Waals surface area contributed by atoms with Gasteiger partial charge < -0.3 is 10.5 Å². The molecule has 3 N–H and O–H groups in total. The van der Waals surface area contributed by atoms with Crippen LogP contribution in [0.2, 0.25) is 5.02 Å². The number of halogens is 2. The predicted octanol–water partition coefficient (Wildman–Crippen LogP) is 1.91. The zero-order valence-electron chi connectivity index (χ0n) is 10.9. The van der Waals surface area contributed by atoms with Crippen LogP contribution in [0.25, 0.3) is 0 Å². The largest absolute Gasteiger partial charge is 0.396 e. The quantitative estimate of drug-likeness (QED) is 0.811. The second-order valence-electron chi connectivity index (χ2n) is 4.87. The van der Waals surface area contributed by atoms with Gasteiger partial charge in [-0.1, -0.05) is 11.6 Å². The van der Waals surface area contributed by atoms with Gasteiger partial charge in [-0.05, 0) is 31.4 Å². The van der Waals surface area contributed by atoms with Crippen molar-refractivity contribution in [3.8, 4) is 0 Å². The molecule has 112 valence electrons. The number of rotatable bonds is 5. The lowest BCUT2D eigenvalue weighted by Crippen LogP contribution is -2.49. The van der Waals surface area contributed by atoms with Gasteiger partial charge in [0.15, 0.2) is 5.82 Å². The Kier molecular flexibility index (Phi) is 4.24. The van der Waals surface area contributed by atoms with E-state index < -0.39 is 26.3 Å². The second-order valence-corrected chi connectivity index (χ2v) is 7.04. The molecule has 1 aliphatic carbocycles. The van der Waals surface area contributed by atoms with E-state index in [9.17, 15) is 12.8 Å². The smallest absolute Gasteiger partial charge is 0.243 e. The molecule has 1 fully saturated rings. The molecule has 1 saturated carbocycles. The Hall–Kier alpha value is -0.890. The molecule has 0 atom stereocenters. The third-order valence-corrected chi connectivity index (χ3v) is 5.22. The zero-order chi connectivity index (χ0) is 15.0. The second kappa shape index (κ2) is 5.48. The van der Waals surface area contributed by atoms with Crippen molar-refractivity contribution in [3.05, 3.63) is 23.0 Å². The maximum absolute atomic E-state index is 13.8. The normalized spacial score (nSPS) is 17.8. The summed E-state index contributed by atoms with van der Waals surface area (Å²) in [6.07, 6.45) is 2.52. The molecule has 1 aromatic carbocycles. The Bertz CT molecular complexity index is 612. The molecule has 0 saturated heterocycles. The molecule has 1 aromatic rings. The number of ether oxygens (including phenoxy) is 1. The minimum absolute atomic E-state index is 0.0642. The summed E-state index contributed by atoms with van der Waals surface area (Å²) >= 11 is 5.72. The molecule has 0 heterocycles. The maximum atomic E-state index is 13.8. The van der Waals surface area contributed by atoms with E-state index in [1.807, 2.05) is 0 Å². The van der Waals surface area contributed by atoms with Crippen LogP contribution in [0.1, 0.15) is 19.3 Å². The van der Waals surface area contributed by atoms with Crippen molar-refractivity contribution in [3.63, 3.8) is 0 Å². The van der Waals surface area contributed by atoms with Gasteiger partial charge in [-0.2, -0.15) is 0 Å². The monoisotopic (exact) mass is 322 g/mol. The zero-order valence-corrected chi connectivity index (χ0v) is 12.5. The number of methoxy groups -OCH3 is 1. The lowest BCUT2D eigenvalue weighted by Gasteiger charge is -2.40. The SMILES string of the molecule is COC1(CNS(=O)(=O)c2cc(Cl)cc(N)c2F)CCC1. The Morgan fingerprint density at radius 3 is 2.65 bits per heavy atom. The summed E-state index contributed by atoms with van der Waals surface area (Å²) in [5, 5.41) is 0.0642. The lowest BCUT2D eigenvalue weighted by molar-refractivity contribution is -0.0659. The molecule has 5 nitrogen and oxygen atoms in total. The minimum Gasteiger partial charge on any atom is -0.396 e. The average Bonchev–Trinajstić information content (AvgIpc) is 2.32. The van der Waals surface area contributed by atoms with E-state index in [1.165, 1.54) is 13.2 Å². The summed E-state index contributed by atoms with van der Waals surface area (Å²) in [5.74, 6) is -0.998. The molecule has 1 aliphatic rings. The summed E-state index contributed by atoms with van der Waals surface area (Å²) in [4.78, 5) is -0.548. The van der Waals surface area contributed by atoms with Gasteiger partial charge in [-0.3, -0.25) is 0 Å². The Morgan fingerprint density at radius 2 is 2.15 bits per heavy atom. The summed E-state index contributed by atoms with van der Waals surface area (Å²) in [5.41, 5.74) is 4.59. The highest BCUT2D eigenvalue weighted by atomic mass is 35.5. The molecule has 8 heteroatoms. The summed E-state index contributed by atoms with van der Waals surface area (Å²) in [7, 11) is -2.49. The number of anilines is 1. The van der Waals surface area contributed by atoms with Gasteiger partial charge in [0.05, 0.1) is 11.3 Å². The van der Waals surface area contributed by atoms with E-state index in [-0.39, 0.29) is 17.3 Å². The molecule has 0 aliphatic heterocycles. The summed E-state index contributed by atoms with van der Waals surface area (Å²) in [6, 6.07) is 2.20. The third kappa shape index (κ3) is 2.90. The van der Waals surface area contributed by atoms with Gasteiger partial charge in [0.2, 0.25) is 10.0 Å². The highest BCUT2D eigenvalue weighted by molar-refractivity contribution is 7.89. The van der Waals surface area contributed by atoms with Crippen LogP contribution in [0, 0.1) is 5.82 Å². The van der Waals surface area contributed by atoms with E-state index >= 15 is 0 Å². The Labute approximate surface area is 122 Å². The first kappa shape index (κ1) is 15.5. The average molecular weight is 323 g/mol. The number of nitrogens with two attached hydrogens (primary N) is 1. The van der Waals surface area contributed by atoms with Crippen molar-refractivity contribution in [1.82, 2.24) is 4.72 Å². The molecular weight excluding hydrogens is 307 g/mol. The molecule has 0 spiro atoms. The van der Waals surface area contributed by atoms with Crippen molar-refractivity contribution in [1.29, 1.82) is 0 Å². The number of sulfonamides is 1. The fourth-order valence-electron chi connectivity index (χ4n) is 2.11. The van der Waals surface area contributed by atoms with Gasteiger partial charge in [-0.15, -0.1) is 0 Å². The van der Waals surface area contributed by atoms with E-state index in [2.05, 4.69) is 4.72 Å². The van der Waals surface area contributed by atoms with E-state index in [1.54, 1.807) is 0 Å². The number of hydrogen-bond acceptors (Lipinski definition) is 4. The Morgan fingerprint density at radius 1 is 1.50 bits per heavy atom. The van der Waals surface area contributed by atoms with Crippen LogP contribution >= 0.6 is 11.6 Å². The standard InChI is InChI=1S/C12H16ClFN2O3S/c1-19-12(3-2-4-12)7-16-20(17,18)10-6-8(13)5-9(15)11(10)14/h5-6,16H,2-4,7,15H2,1H3. The van der Waals surface area contributed by atoms with Crippen LogP contribution in [0.5, 0.6) is 0 Å². The molecule has 20 heavy (non-hydrogen) atoms. The van der Waals surface area contributed by atoms with Crippen LogP contribution in [-0.2, 0) is 14.8 Å². The predicted molar refractivity (Wildman–Crippen MR) is 74.6 cm³/mol. The van der Waals surface area contributed by atoms with E-state index in [0.29, 0.717) is 0 Å². The number of nitrogen functional groups attached to an aromatic ring is 1. The van der Waals surface area contributed by atoms with Crippen molar-refractivity contribution >= 4 is 27.3 Å². The fourth-order valence-corrected chi connectivity index (χ4v) is 3.64. The maximum Gasteiger partial charge on any atom is 0.243 e. The lowest BCUT2D eigenvalue weighted by atomic mass is 9.80. The van der Waals surface area contributed by atoms with Gasteiger partial charge in [0, 0.05) is 18.7 Å². The Balaban J connectivity index is 2.23. The van der Waals surface area contributed by atoms with Crippen LogP contribution in [0.4, 0.5) is 10.1 Å². The molecule has 0 radical (unpaired) electrons. The number of hydrogen-bond donors (Lipinski definition) is 2. The van der Waals surface area contributed by atoms with Crippen molar-refractivity contribution in [2.75, 3.05) is 19.4 Å². The van der Waals surface area contributed by atoms with Gasteiger partial charge in [0.1, 0.15) is 4.90 Å². The fraction of sp³-hybridized carbons (Fsp3) is 0.500. The first-order valence-corrected chi connectivity index (χ1v) is 7.95. The first-order chi connectivity index (χ1) is 9.30. The summed E-state index contributed by atoms with van der Waals surface area (Å²) < 4.78 is 45.8. The van der Waals surface area contributed by atoms with Crippen LogP contribution in [0.15, 0.2) is 17.0 Å².